The number of hydrogen-bond acceptors (Lipinski definition) is 2. The van der Waals surface area contributed by atoms with E-state index in [9.17, 15) is 0 Å². The number of aryl methyl sites for hydroxylation is 1. The number of rotatable bonds is 7. The zero-order valence-electron chi connectivity index (χ0n) is 12.0. The molecule has 0 radical (unpaired) electrons. The van der Waals surface area contributed by atoms with Gasteiger partial charge in [0.05, 0.1) is 0 Å². The smallest absolute Gasteiger partial charge is 0.0478 e. The summed E-state index contributed by atoms with van der Waals surface area (Å²) in [6.45, 7) is 9.10. The molecule has 102 valence electrons. The van der Waals surface area contributed by atoms with E-state index in [2.05, 4.69) is 45.0 Å². The highest BCUT2D eigenvalue weighted by atomic mass is 16.5. The summed E-state index contributed by atoms with van der Waals surface area (Å²) in [7, 11) is 0. The maximum Gasteiger partial charge on any atom is 0.0478 e. The van der Waals surface area contributed by atoms with Crippen LogP contribution in [0.5, 0.6) is 0 Å². The Labute approximate surface area is 112 Å². The number of ether oxygens (including phenoxy) is 1. The van der Waals surface area contributed by atoms with Crippen molar-refractivity contribution in [3.8, 4) is 0 Å². The van der Waals surface area contributed by atoms with E-state index >= 15 is 0 Å². The molecule has 0 bridgehead atoms. The summed E-state index contributed by atoms with van der Waals surface area (Å²) in [6.07, 6.45) is 3.13. The first-order valence-corrected chi connectivity index (χ1v) is 6.91. The number of benzene rings is 1. The van der Waals surface area contributed by atoms with Crippen molar-refractivity contribution < 1.29 is 4.74 Å². The van der Waals surface area contributed by atoms with Gasteiger partial charge in [-0.05, 0) is 42.3 Å². The lowest BCUT2D eigenvalue weighted by atomic mass is 9.86. The van der Waals surface area contributed by atoms with E-state index in [1.54, 1.807) is 0 Å². The first-order valence-electron chi connectivity index (χ1n) is 6.91. The quantitative estimate of drug-likeness (QED) is 0.753. The Hall–Kier alpha value is -0.860. The topological polar surface area (TPSA) is 35.2 Å². The lowest BCUT2D eigenvalue weighted by molar-refractivity contribution is 0.131. The van der Waals surface area contributed by atoms with E-state index < -0.39 is 0 Å². The predicted octanol–water partition coefficient (Wildman–Crippen LogP) is 3.28. The molecule has 1 rings (SSSR count). The van der Waals surface area contributed by atoms with Crippen molar-refractivity contribution >= 4 is 0 Å². The predicted molar refractivity (Wildman–Crippen MR) is 78.0 cm³/mol. The molecule has 2 nitrogen and oxygen atoms in total. The molecule has 0 saturated carbocycles. The molecular weight excluding hydrogens is 222 g/mol. The molecule has 2 heteroatoms. The maximum absolute atomic E-state index is 5.51. The fourth-order valence-corrected chi connectivity index (χ4v) is 1.86. The fourth-order valence-electron chi connectivity index (χ4n) is 1.86. The average molecular weight is 249 g/mol. The second-order valence-corrected chi connectivity index (χ2v) is 5.81. The largest absolute Gasteiger partial charge is 0.381 e. The Bertz CT molecular complexity index is 341. The van der Waals surface area contributed by atoms with E-state index in [4.69, 9.17) is 10.5 Å². The van der Waals surface area contributed by atoms with E-state index in [1.165, 1.54) is 11.1 Å². The first-order chi connectivity index (χ1) is 8.54. The van der Waals surface area contributed by atoms with Gasteiger partial charge in [-0.25, -0.2) is 0 Å². The molecule has 0 aliphatic rings. The van der Waals surface area contributed by atoms with Gasteiger partial charge in [-0.15, -0.1) is 0 Å². The number of hydrogen-bond donors (Lipinski definition) is 1. The van der Waals surface area contributed by atoms with Gasteiger partial charge in [-0.2, -0.15) is 0 Å². The Morgan fingerprint density at radius 3 is 2.50 bits per heavy atom. The molecule has 0 unspecified atom stereocenters. The Kier molecular flexibility index (Phi) is 6.37. The van der Waals surface area contributed by atoms with Gasteiger partial charge in [0.2, 0.25) is 0 Å². The third kappa shape index (κ3) is 5.65. The second kappa shape index (κ2) is 7.55. The van der Waals surface area contributed by atoms with Crippen LogP contribution in [0, 0.1) is 0 Å². The van der Waals surface area contributed by atoms with Gasteiger partial charge in [0.1, 0.15) is 0 Å². The summed E-state index contributed by atoms with van der Waals surface area (Å²) >= 11 is 0. The van der Waals surface area contributed by atoms with Crippen LogP contribution in [0.3, 0.4) is 0 Å². The van der Waals surface area contributed by atoms with Crippen molar-refractivity contribution in [1.29, 1.82) is 0 Å². The Morgan fingerprint density at radius 1 is 1.11 bits per heavy atom. The average Bonchev–Trinajstić information content (AvgIpc) is 2.33. The highest BCUT2D eigenvalue weighted by Gasteiger charge is 2.13. The van der Waals surface area contributed by atoms with E-state index in [-0.39, 0.29) is 5.41 Å². The van der Waals surface area contributed by atoms with Crippen LogP contribution in [0.15, 0.2) is 24.3 Å². The SMILES string of the molecule is CC(C)(C)c1cccc(CCCOCCCN)c1. The highest BCUT2D eigenvalue weighted by Crippen LogP contribution is 2.23. The van der Waals surface area contributed by atoms with Gasteiger partial charge in [-0.3, -0.25) is 0 Å². The minimum atomic E-state index is 0.230. The summed E-state index contributed by atoms with van der Waals surface area (Å²) in [5.74, 6) is 0. The molecule has 0 spiro atoms. The monoisotopic (exact) mass is 249 g/mol. The van der Waals surface area contributed by atoms with E-state index in [0.29, 0.717) is 6.54 Å². The molecule has 0 aromatic heterocycles. The van der Waals surface area contributed by atoms with E-state index in [0.717, 1.165) is 32.5 Å². The van der Waals surface area contributed by atoms with Crippen LogP contribution < -0.4 is 5.73 Å². The van der Waals surface area contributed by atoms with Gasteiger partial charge >= 0.3 is 0 Å². The van der Waals surface area contributed by atoms with Crippen molar-refractivity contribution in [1.82, 2.24) is 0 Å². The van der Waals surface area contributed by atoms with Gasteiger partial charge in [0.25, 0.3) is 0 Å². The third-order valence-electron chi connectivity index (χ3n) is 3.04. The summed E-state index contributed by atoms with van der Waals surface area (Å²) in [5, 5.41) is 0. The van der Waals surface area contributed by atoms with Crippen LogP contribution in [-0.2, 0) is 16.6 Å². The molecule has 0 saturated heterocycles. The van der Waals surface area contributed by atoms with Crippen LogP contribution in [-0.4, -0.2) is 19.8 Å². The number of nitrogens with two attached hydrogens (primary N) is 1. The lowest BCUT2D eigenvalue weighted by Crippen LogP contribution is -2.11. The maximum atomic E-state index is 5.51. The van der Waals surface area contributed by atoms with Crippen LogP contribution in [0.25, 0.3) is 0 Å². The molecule has 0 heterocycles. The zero-order chi connectivity index (χ0) is 13.4. The van der Waals surface area contributed by atoms with Crippen molar-refractivity contribution in [2.24, 2.45) is 5.73 Å². The summed E-state index contributed by atoms with van der Waals surface area (Å²) in [5.41, 5.74) is 8.46. The molecule has 0 aliphatic heterocycles. The minimum absolute atomic E-state index is 0.230. The Morgan fingerprint density at radius 2 is 1.83 bits per heavy atom. The molecule has 0 aliphatic carbocycles. The second-order valence-electron chi connectivity index (χ2n) is 5.81. The molecule has 0 fully saturated rings. The Balaban J connectivity index is 2.34. The minimum Gasteiger partial charge on any atom is -0.381 e. The summed E-state index contributed by atoms with van der Waals surface area (Å²) in [6, 6.07) is 8.89. The molecule has 1 aromatic rings. The molecular formula is C16H27NO. The molecule has 0 atom stereocenters. The van der Waals surface area contributed by atoms with Crippen LogP contribution in [0.1, 0.15) is 44.7 Å². The standard InChI is InChI=1S/C16H27NO/c1-16(2,3)15-9-4-7-14(13-15)8-5-11-18-12-6-10-17/h4,7,9,13H,5-6,8,10-12,17H2,1-3H3. The molecule has 2 N–H and O–H groups in total. The summed E-state index contributed by atoms with van der Waals surface area (Å²) in [4.78, 5) is 0. The fraction of sp³-hybridized carbons (Fsp3) is 0.625. The molecule has 0 amide bonds. The normalized spacial score (nSPS) is 11.8. The highest BCUT2D eigenvalue weighted by molar-refractivity contribution is 5.28. The van der Waals surface area contributed by atoms with Gasteiger partial charge in [-0.1, -0.05) is 45.0 Å². The first kappa shape index (κ1) is 15.2. The molecule has 18 heavy (non-hydrogen) atoms. The van der Waals surface area contributed by atoms with E-state index in [1.807, 2.05) is 0 Å². The van der Waals surface area contributed by atoms with Crippen LogP contribution in [0.4, 0.5) is 0 Å². The third-order valence-corrected chi connectivity index (χ3v) is 3.04. The van der Waals surface area contributed by atoms with Gasteiger partial charge in [0, 0.05) is 13.2 Å². The van der Waals surface area contributed by atoms with Crippen LogP contribution >= 0.6 is 0 Å². The van der Waals surface area contributed by atoms with Crippen molar-refractivity contribution in [2.75, 3.05) is 19.8 Å². The van der Waals surface area contributed by atoms with Gasteiger partial charge < -0.3 is 10.5 Å². The van der Waals surface area contributed by atoms with Crippen molar-refractivity contribution in [2.45, 2.75) is 45.4 Å². The van der Waals surface area contributed by atoms with Crippen molar-refractivity contribution in [3.63, 3.8) is 0 Å². The summed E-state index contributed by atoms with van der Waals surface area (Å²) < 4.78 is 5.51. The lowest BCUT2D eigenvalue weighted by Gasteiger charge is -2.19. The van der Waals surface area contributed by atoms with Crippen molar-refractivity contribution in [3.05, 3.63) is 35.4 Å². The molecule has 1 aromatic carbocycles. The zero-order valence-corrected chi connectivity index (χ0v) is 12.0. The van der Waals surface area contributed by atoms with Crippen LogP contribution in [0.2, 0.25) is 0 Å². The van der Waals surface area contributed by atoms with Gasteiger partial charge in [0.15, 0.2) is 0 Å².